The molecule has 3 N–H and O–H groups in total. The number of halogens is 1. The SMILES string of the molecule is COCC1(CNC(=O)c2cc(=O)[nH]c3ccccc23)CCNCC1.Cl. The fraction of sp³-hybridized carbons (Fsp3) is 0.444. The second-order valence-corrected chi connectivity index (χ2v) is 6.46. The number of fused-ring (bicyclic) bond motifs is 1. The highest BCUT2D eigenvalue weighted by molar-refractivity contribution is 6.05. The number of carbonyl (C=O) groups excluding carboxylic acids is 1. The Balaban J connectivity index is 0.00000225. The van der Waals surface area contributed by atoms with Crippen molar-refractivity contribution in [2.75, 3.05) is 33.4 Å². The molecule has 7 heteroatoms. The van der Waals surface area contributed by atoms with Crippen LogP contribution in [0.25, 0.3) is 10.9 Å². The lowest BCUT2D eigenvalue weighted by atomic mass is 9.79. The maximum absolute atomic E-state index is 12.7. The van der Waals surface area contributed by atoms with Gasteiger partial charge in [-0.05, 0) is 32.0 Å². The number of methoxy groups -OCH3 is 1. The highest BCUT2D eigenvalue weighted by Gasteiger charge is 2.32. The fourth-order valence-corrected chi connectivity index (χ4v) is 3.39. The zero-order chi connectivity index (χ0) is 17.0. The number of aromatic amines is 1. The van der Waals surface area contributed by atoms with E-state index in [-0.39, 0.29) is 29.3 Å². The van der Waals surface area contributed by atoms with Gasteiger partial charge in [-0.3, -0.25) is 9.59 Å². The summed E-state index contributed by atoms with van der Waals surface area (Å²) < 4.78 is 5.38. The molecule has 136 valence electrons. The predicted octanol–water partition coefficient (Wildman–Crippen LogP) is 1.70. The van der Waals surface area contributed by atoms with Crippen LogP contribution in [0.3, 0.4) is 0 Å². The molecular formula is C18H24ClN3O3. The Morgan fingerprint density at radius 1 is 1.28 bits per heavy atom. The number of pyridine rings is 1. The van der Waals surface area contributed by atoms with Crippen LogP contribution in [0.4, 0.5) is 0 Å². The lowest BCUT2D eigenvalue weighted by Crippen LogP contribution is -2.47. The zero-order valence-electron chi connectivity index (χ0n) is 14.3. The minimum atomic E-state index is -0.271. The number of para-hydroxylation sites is 1. The Bertz CT molecular complexity index is 779. The van der Waals surface area contributed by atoms with E-state index >= 15 is 0 Å². The maximum Gasteiger partial charge on any atom is 0.252 e. The van der Waals surface area contributed by atoms with E-state index in [1.54, 1.807) is 13.2 Å². The van der Waals surface area contributed by atoms with Crippen LogP contribution >= 0.6 is 12.4 Å². The van der Waals surface area contributed by atoms with Crippen LogP contribution in [0, 0.1) is 5.41 Å². The molecule has 0 saturated carbocycles. The van der Waals surface area contributed by atoms with E-state index in [1.807, 2.05) is 18.2 Å². The molecule has 1 aliphatic heterocycles. The van der Waals surface area contributed by atoms with Gasteiger partial charge >= 0.3 is 0 Å². The van der Waals surface area contributed by atoms with E-state index < -0.39 is 0 Å². The lowest BCUT2D eigenvalue weighted by Gasteiger charge is -2.37. The average Bonchev–Trinajstić information content (AvgIpc) is 2.60. The molecule has 0 bridgehead atoms. The summed E-state index contributed by atoms with van der Waals surface area (Å²) in [4.78, 5) is 27.3. The topological polar surface area (TPSA) is 83.2 Å². The van der Waals surface area contributed by atoms with Crippen molar-refractivity contribution in [3.05, 3.63) is 46.2 Å². The second kappa shape index (κ2) is 8.47. The van der Waals surface area contributed by atoms with E-state index in [9.17, 15) is 9.59 Å². The maximum atomic E-state index is 12.7. The van der Waals surface area contributed by atoms with Crippen LogP contribution in [0.15, 0.2) is 35.1 Å². The van der Waals surface area contributed by atoms with Gasteiger partial charge in [-0.1, -0.05) is 18.2 Å². The Labute approximate surface area is 152 Å². The monoisotopic (exact) mass is 365 g/mol. The van der Waals surface area contributed by atoms with Crippen LogP contribution < -0.4 is 16.2 Å². The molecule has 2 aromatic rings. The van der Waals surface area contributed by atoms with Gasteiger partial charge in [0.15, 0.2) is 0 Å². The highest BCUT2D eigenvalue weighted by Crippen LogP contribution is 2.28. The third-order valence-corrected chi connectivity index (χ3v) is 4.73. The molecule has 6 nitrogen and oxygen atoms in total. The number of nitrogens with one attached hydrogen (secondary N) is 3. The predicted molar refractivity (Wildman–Crippen MR) is 101 cm³/mol. The summed E-state index contributed by atoms with van der Waals surface area (Å²) in [6.07, 6.45) is 1.91. The van der Waals surface area contributed by atoms with Crippen molar-refractivity contribution < 1.29 is 9.53 Å². The molecule has 1 aliphatic rings. The summed E-state index contributed by atoms with van der Waals surface area (Å²) in [6, 6.07) is 8.70. The van der Waals surface area contributed by atoms with E-state index in [4.69, 9.17) is 4.74 Å². The van der Waals surface area contributed by atoms with Crippen molar-refractivity contribution >= 4 is 29.2 Å². The van der Waals surface area contributed by atoms with Crippen molar-refractivity contribution in [2.24, 2.45) is 5.41 Å². The van der Waals surface area contributed by atoms with Gasteiger partial charge in [0, 0.05) is 36.0 Å². The summed E-state index contributed by atoms with van der Waals surface area (Å²) in [7, 11) is 1.69. The van der Waals surface area contributed by atoms with Crippen molar-refractivity contribution in [2.45, 2.75) is 12.8 Å². The standard InChI is InChI=1S/C18H23N3O3.ClH/c1-24-12-18(6-8-19-9-7-18)11-20-17(23)14-10-16(22)21-15-5-3-2-4-13(14)15;/h2-5,10,19H,6-9,11-12H2,1H3,(H,20,23)(H,21,22);1H. The molecular weight excluding hydrogens is 342 g/mol. The number of benzene rings is 1. The number of carbonyl (C=O) groups is 1. The first kappa shape index (κ1) is 19.4. The molecule has 0 unspecified atom stereocenters. The van der Waals surface area contributed by atoms with Gasteiger partial charge in [0.2, 0.25) is 5.56 Å². The summed E-state index contributed by atoms with van der Waals surface area (Å²) in [5.74, 6) is -0.216. The minimum Gasteiger partial charge on any atom is -0.384 e. The Kier molecular flexibility index (Phi) is 6.58. The quantitative estimate of drug-likeness (QED) is 0.753. The van der Waals surface area contributed by atoms with Gasteiger partial charge in [0.25, 0.3) is 5.91 Å². The van der Waals surface area contributed by atoms with Crippen molar-refractivity contribution in [1.29, 1.82) is 0 Å². The molecule has 0 aliphatic carbocycles. The summed E-state index contributed by atoms with van der Waals surface area (Å²) >= 11 is 0. The number of hydrogen-bond donors (Lipinski definition) is 3. The molecule has 0 atom stereocenters. The minimum absolute atomic E-state index is 0. The van der Waals surface area contributed by atoms with Crippen molar-refractivity contribution in [3.63, 3.8) is 0 Å². The largest absolute Gasteiger partial charge is 0.384 e. The van der Waals surface area contributed by atoms with E-state index in [0.29, 0.717) is 24.2 Å². The number of amides is 1. The number of piperidine rings is 1. The van der Waals surface area contributed by atoms with E-state index in [2.05, 4.69) is 15.6 Å². The molecule has 1 aromatic heterocycles. The molecule has 1 saturated heterocycles. The van der Waals surface area contributed by atoms with Gasteiger partial charge in [0.05, 0.1) is 12.2 Å². The van der Waals surface area contributed by atoms with Crippen LogP contribution in [0.1, 0.15) is 23.2 Å². The van der Waals surface area contributed by atoms with Gasteiger partial charge in [-0.15, -0.1) is 12.4 Å². The zero-order valence-corrected chi connectivity index (χ0v) is 15.1. The smallest absolute Gasteiger partial charge is 0.252 e. The van der Waals surface area contributed by atoms with Gasteiger partial charge < -0.3 is 20.4 Å². The number of aromatic nitrogens is 1. The first-order chi connectivity index (χ1) is 11.6. The molecule has 2 heterocycles. The Morgan fingerprint density at radius 2 is 2.00 bits per heavy atom. The summed E-state index contributed by atoms with van der Waals surface area (Å²) in [6.45, 7) is 3.01. The molecule has 0 radical (unpaired) electrons. The van der Waals surface area contributed by atoms with Crippen LogP contribution in [-0.4, -0.2) is 44.2 Å². The van der Waals surface area contributed by atoms with Gasteiger partial charge in [-0.25, -0.2) is 0 Å². The molecule has 0 spiro atoms. The number of H-pyrrole nitrogens is 1. The molecule has 25 heavy (non-hydrogen) atoms. The third kappa shape index (κ3) is 4.39. The molecule has 3 rings (SSSR count). The van der Waals surface area contributed by atoms with Crippen LogP contribution in [-0.2, 0) is 4.74 Å². The highest BCUT2D eigenvalue weighted by atomic mass is 35.5. The van der Waals surface area contributed by atoms with Gasteiger partial charge in [0.1, 0.15) is 0 Å². The summed E-state index contributed by atoms with van der Waals surface area (Å²) in [5, 5.41) is 7.10. The molecule has 1 fully saturated rings. The first-order valence-electron chi connectivity index (χ1n) is 8.23. The van der Waals surface area contributed by atoms with E-state index in [0.717, 1.165) is 31.3 Å². The van der Waals surface area contributed by atoms with Crippen molar-refractivity contribution in [1.82, 2.24) is 15.6 Å². The van der Waals surface area contributed by atoms with Crippen molar-refractivity contribution in [3.8, 4) is 0 Å². The normalized spacial score (nSPS) is 16.2. The first-order valence-corrected chi connectivity index (χ1v) is 8.23. The fourth-order valence-electron chi connectivity index (χ4n) is 3.39. The van der Waals surface area contributed by atoms with Crippen LogP contribution in [0.5, 0.6) is 0 Å². The summed E-state index contributed by atoms with van der Waals surface area (Å²) in [5.41, 5.74) is 0.763. The second-order valence-electron chi connectivity index (χ2n) is 6.46. The number of rotatable bonds is 5. The Hall–Kier alpha value is -1.89. The average molecular weight is 366 g/mol. The number of ether oxygens (including phenoxy) is 1. The Morgan fingerprint density at radius 3 is 2.72 bits per heavy atom. The van der Waals surface area contributed by atoms with E-state index in [1.165, 1.54) is 6.07 Å². The molecule has 1 amide bonds. The lowest BCUT2D eigenvalue weighted by molar-refractivity contribution is 0.0512. The van der Waals surface area contributed by atoms with Crippen LogP contribution in [0.2, 0.25) is 0 Å². The third-order valence-electron chi connectivity index (χ3n) is 4.73. The van der Waals surface area contributed by atoms with Gasteiger partial charge in [-0.2, -0.15) is 0 Å². The molecule has 1 aromatic carbocycles. The number of hydrogen-bond acceptors (Lipinski definition) is 4.